The minimum absolute atomic E-state index is 0.246. The number of ether oxygens (including phenoxy) is 1. The molecule has 2 N–H and O–H groups in total. The number of hydrogen-bond acceptors (Lipinski definition) is 2. The summed E-state index contributed by atoms with van der Waals surface area (Å²) in [5.41, 5.74) is 3.01. The van der Waals surface area contributed by atoms with Crippen molar-refractivity contribution in [2.75, 3.05) is 18.5 Å². The number of urea groups is 1. The van der Waals surface area contributed by atoms with Gasteiger partial charge in [0.2, 0.25) is 0 Å². The summed E-state index contributed by atoms with van der Waals surface area (Å²) >= 11 is 6.05. The molecule has 23 heavy (non-hydrogen) atoms. The van der Waals surface area contributed by atoms with Gasteiger partial charge >= 0.3 is 6.03 Å². The van der Waals surface area contributed by atoms with E-state index in [9.17, 15) is 4.79 Å². The van der Waals surface area contributed by atoms with Crippen LogP contribution in [0, 0.1) is 6.92 Å². The molecule has 4 nitrogen and oxygen atoms in total. The van der Waals surface area contributed by atoms with Crippen LogP contribution >= 0.6 is 11.6 Å². The second kappa shape index (κ2) is 8.44. The van der Waals surface area contributed by atoms with Crippen LogP contribution in [-0.4, -0.2) is 19.2 Å². The molecule has 2 amide bonds. The zero-order valence-electron chi connectivity index (χ0n) is 13.4. The van der Waals surface area contributed by atoms with Gasteiger partial charge in [-0.05, 0) is 42.7 Å². The van der Waals surface area contributed by atoms with Crippen molar-refractivity contribution in [2.45, 2.75) is 20.3 Å². The Bertz CT molecular complexity index is 674. The summed E-state index contributed by atoms with van der Waals surface area (Å²) in [6, 6.07) is 13.1. The molecule has 2 aromatic rings. The molecule has 2 aromatic carbocycles. The van der Waals surface area contributed by atoms with Crippen LogP contribution in [0.2, 0.25) is 5.02 Å². The summed E-state index contributed by atoms with van der Waals surface area (Å²) in [5.74, 6) is 0.630. The molecule has 0 aliphatic carbocycles. The number of para-hydroxylation sites is 1. The molecule has 2 rings (SSSR count). The molecule has 0 bridgehead atoms. The Morgan fingerprint density at radius 2 is 2.00 bits per heavy atom. The number of carbonyl (C=O) groups excluding carboxylic acids is 1. The molecule has 0 saturated carbocycles. The van der Waals surface area contributed by atoms with Crippen molar-refractivity contribution in [3.63, 3.8) is 0 Å². The normalized spacial score (nSPS) is 10.2. The lowest BCUT2D eigenvalue weighted by atomic mass is 10.1. The second-order valence-electron chi connectivity index (χ2n) is 5.17. The van der Waals surface area contributed by atoms with E-state index in [4.69, 9.17) is 16.3 Å². The first-order chi connectivity index (χ1) is 11.1. The number of nitrogens with one attached hydrogen (secondary N) is 2. The van der Waals surface area contributed by atoms with Gasteiger partial charge in [0.25, 0.3) is 0 Å². The quantitative estimate of drug-likeness (QED) is 0.770. The molecule has 0 fully saturated rings. The number of anilines is 1. The van der Waals surface area contributed by atoms with Gasteiger partial charge in [-0.15, -0.1) is 0 Å². The molecular formula is C18H21ClN2O2. The Morgan fingerprint density at radius 1 is 1.22 bits per heavy atom. The molecule has 0 radical (unpaired) electrons. The van der Waals surface area contributed by atoms with Gasteiger partial charge in [-0.3, -0.25) is 0 Å². The van der Waals surface area contributed by atoms with Gasteiger partial charge in [-0.2, -0.15) is 0 Å². The molecule has 0 atom stereocenters. The molecular weight excluding hydrogens is 312 g/mol. The first-order valence-corrected chi connectivity index (χ1v) is 7.99. The van der Waals surface area contributed by atoms with E-state index < -0.39 is 0 Å². The third-order valence-electron chi connectivity index (χ3n) is 3.38. The van der Waals surface area contributed by atoms with Crippen LogP contribution in [0.3, 0.4) is 0 Å². The van der Waals surface area contributed by atoms with Gasteiger partial charge in [0.05, 0.1) is 11.6 Å². The standard InChI is InChI=1S/C18H21ClN2O2/c1-3-14-6-4-5-7-16(14)21-18(22)20-10-11-23-17-12-13(2)8-9-15(17)19/h4-9,12H,3,10-11H2,1-2H3,(H2,20,21,22). The lowest BCUT2D eigenvalue weighted by molar-refractivity contribution is 0.247. The SMILES string of the molecule is CCc1ccccc1NC(=O)NCCOc1cc(C)ccc1Cl. The zero-order chi connectivity index (χ0) is 16.7. The first-order valence-electron chi connectivity index (χ1n) is 7.62. The fourth-order valence-electron chi connectivity index (χ4n) is 2.16. The summed E-state index contributed by atoms with van der Waals surface area (Å²) in [6.07, 6.45) is 0.866. The minimum atomic E-state index is -0.246. The van der Waals surface area contributed by atoms with Crippen molar-refractivity contribution in [1.29, 1.82) is 0 Å². The number of benzene rings is 2. The fourth-order valence-corrected chi connectivity index (χ4v) is 2.34. The lowest BCUT2D eigenvalue weighted by Gasteiger charge is -2.12. The summed E-state index contributed by atoms with van der Waals surface area (Å²) in [7, 11) is 0. The number of amides is 2. The Hall–Kier alpha value is -2.20. The van der Waals surface area contributed by atoms with Crippen molar-refractivity contribution < 1.29 is 9.53 Å². The second-order valence-corrected chi connectivity index (χ2v) is 5.58. The number of halogens is 1. The summed E-state index contributed by atoms with van der Waals surface area (Å²) < 4.78 is 5.59. The predicted molar refractivity (Wildman–Crippen MR) is 94.5 cm³/mol. The lowest BCUT2D eigenvalue weighted by Crippen LogP contribution is -2.32. The Balaban J connectivity index is 1.78. The van der Waals surface area contributed by atoms with E-state index in [1.807, 2.05) is 43.3 Å². The maximum absolute atomic E-state index is 11.9. The maximum Gasteiger partial charge on any atom is 0.319 e. The zero-order valence-corrected chi connectivity index (χ0v) is 14.1. The molecule has 0 heterocycles. The van der Waals surface area contributed by atoms with E-state index in [1.54, 1.807) is 6.07 Å². The Labute approximate surface area is 141 Å². The van der Waals surface area contributed by atoms with Gasteiger partial charge in [0.15, 0.2) is 0 Å². The number of rotatable bonds is 6. The van der Waals surface area contributed by atoms with Crippen LogP contribution in [0.1, 0.15) is 18.1 Å². The number of aryl methyl sites for hydroxylation is 2. The van der Waals surface area contributed by atoms with Gasteiger partial charge in [-0.1, -0.05) is 42.8 Å². The highest BCUT2D eigenvalue weighted by atomic mass is 35.5. The molecule has 0 aromatic heterocycles. The van der Waals surface area contributed by atoms with Crippen molar-refractivity contribution in [1.82, 2.24) is 5.32 Å². The molecule has 0 spiro atoms. The third kappa shape index (κ3) is 5.18. The van der Waals surface area contributed by atoms with Gasteiger partial charge in [-0.25, -0.2) is 4.79 Å². The minimum Gasteiger partial charge on any atom is -0.490 e. The van der Waals surface area contributed by atoms with Crippen LogP contribution < -0.4 is 15.4 Å². The van der Waals surface area contributed by atoms with Crippen LogP contribution in [0.4, 0.5) is 10.5 Å². The van der Waals surface area contributed by atoms with Crippen molar-refractivity contribution in [2.24, 2.45) is 0 Å². The highest BCUT2D eigenvalue weighted by molar-refractivity contribution is 6.32. The van der Waals surface area contributed by atoms with Crippen LogP contribution in [0.25, 0.3) is 0 Å². The molecule has 0 saturated heterocycles. The van der Waals surface area contributed by atoms with E-state index in [0.717, 1.165) is 23.2 Å². The van der Waals surface area contributed by atoms with E-state index in [1.165, 1.54) is 0 Å². The average Bonchev–Trinajstić information content (AvgIpc) is 2.55. The predicted octanol–water partition coefficient (Wildman–Crippen LogP) is 4.41. The van der Waals surface area contributed by atoms with Gasteiger partial charge in [0.1, 0.15) is 12.4 Å². The molecule has 0 aliphatic rings. The maximum atomic E-state index is 11.9. The van der Waals surface area contributed by atoms with Gasteiger partial charge < -0.3 is 15.4 Å². The highest BCUT2D eigenvalue weighted by Gasteiger charge is 2.05. The van der Waals surface area contributed by atoms with Crippen LogP contribution in [0.15, 0.2) is 42.5 Å². The average molecular weight is 333 g/mol. The van der Waals surface area contributed by atoms with Crippen molar-refractivity contribution >= 4 is 23.3 Å². The van der Waals surface area contributed by atoms with Crippen molar-refractivity contribution in [3.05, 3.63) is 58.6 Å². The summed E-state index contributed by atoms with van der Waals surface area (Å²) in [5, 5.41) is 6.18. The number of carbonyl (C=O) groups is 1. The summed E-state index contributed by atoms with van der Waals surface area (Å²) in [6.45, 7) is 4.77. The van der Waals surface area contributed by atoms with E-state index in [2.05, 4.69) is 17.6 Å². The summed E-state index contributed by atoms with van der Waals surface area (Å²) in [4.78, 5) is 11.9. The Kier molecular flexibility index (Phi) is 6.29. The third-order valence-corrected chi connectivity index (χ3v) is 3.69. The smallest absolute Gasteiger partial charge is 0.319 e. The topological polar surface area (TPSA) is 50.4 Å². The van der Waals surface area contributed by atoms with E-state index in [0.29, 0.717) is 23.9 Å². The molecule has 5 heteroatoms. The number of hydrogen-bond donors (Lipinski definition) is 2. The van der Waals surface area contributed by atoms with Crippen LogP contribution in [-0.2, 0) is 6.42 Å². The monoisotopic (exact) mass is 332 g/mol. The van der Waals surface area contributed by atoms with Crippen molar-refractivity contribution in [3.8, 4) is 5.75 Å². The first kappa shape index (κ1) is 17.2. The van der Waals surface area contributed by atoms with Crippen LogP contribution in [0.5, 0.6) is 5.75 Å². The fraction of sp³-hybridized carbons (Fsp3) is 0.278. The highest BCUT2D eigenvalue weighted by Crippen LogP contribution is 2.24. The van der Waals surface area contributed by atoms with E-state index >= 15 is 0 Å². The molecule has 0 unspecified atom stereocenters. The van der Waals surface area contributed by atoms with Gasteiger partial charge in [0, 0.05) is 5.69 Å². The van der Waals surface area contributed by atoms with E-state index in [-0.39, 0.29) is 6.03 Å². The molecule has 122 valence electrons. The Morgan fingerprint density at radius 3 is 2.78 bits per heavy atom. The largest absolute Gasteiger partial charge is 0.490 e. The molecule has 0 aliphatic heterocycles.